The first-order chi connectivity index (χ1) is 11.4. The van der Waals surface area contributed by atoms with Gasteiger partial charge in [0.2, 0.25) is 0 Å². The number of fused-ring (bicyclic) bond motifs is 2. The van der Waals surface area contributed by atoms with E-state index in [1.54, 1.807) is 0 Å². The molecule has 3 atom stereocenters. The molecule has 6 nitrogen and oxygen atoms in total. The minimum atomic E-state index is -0.186. The molecule has 6 heteroatoms. The van der Waals surface area contributed by atoms with Crippen molar-refractivity contribution < 1.29 is 9.53 Å². The molecule has 4 rings (SSSR count). The summed E-state index contributed by atoms with van der Waals surface area (Å²) in [6, 6.07) is 3.78. The summed E-state index contributed by atoms with van der Waals surface area (Å²) < 4.78 is 5.89. The molecule has 3 fully saturated rings. The van der Waals surface area contributed by atoms with Crippen molar-refractivity contribution in [1.82, 2.24) is 15.5 Å². The normalized spacial score (nSPS) is 30.2. The highest BCUT2D eigenvalue weighted by Gasteiger charge is 2.66. The standard InChI is InChI=1S/C18H26N4O2/c1-17(2,3)12-5-6-13(22-21-12)19-16(23)20-14-11-7-10-24-15(11)18(14)8-4-9-18/h5-6,11,14-15H,4,7-10H2,1-3H3,(H2,19,20,22,23)/t11-,14-,15+/m1/s1. The van der Waals surface area contributed by atoms with Crippen LogP contribution in [-0.2, 0) is 10.2 Å². The van der Waals surface area contributed by atoms with E-state index in [9.17, 15) is 4.79 Å². The predicted molar refractivity (Wildman–Crippen MR) is 90.8 cm³/mol. The summed E-state index contributed by atoms with van der Waals surface area (Å²) in [6.45, 7) is 7.10. The number of nitrogens with zero attached hydrogens (tertiary/aromatic N) is 2. The Kier molecular flexibility index (Phi) is 3.56. The van der Waals surface area contributed by atoms with Crippen molar-refractivity contribution in [1.29, 1.82) is 0 Å². The van der Waals surface area contributed by atoms with Gasteiger partial charge in [-0.05, 0) is 31.4 Å². The van der Waals surface area contributed by atoms with Crippen LogP contribution in [0.4, 0.5) is 10.6 Å². The predicted octanol–water partition coefficient (Wildman–Crippen LogP) is 2.85. The molecule has 1 aromatic heterocycles. The van der Waals surface area contributed by atoms with Crippen molar-refractivity contribution in [3.63, 3.8) is 0 Å². The first-order valence-electron chi connectivity index (χ1n) is 8.93. The number of nitrogens with one attached hydrogen (secondary N) is 2. The van der Waals surface area contributed by atoms with Crippen LogP contribution in [0, 0.1) is 11.3 Å². The number of ether oxygens (including phenoxy) is 1. The van der Waals surface area contributed by atoms with Crippen LogP contribution < -0.4 is 10.6 Å². The average Bonchev–Trinajstić information content (AvgIpc) is 2.88. The van der Waals surface area contributed by atoms with Gasteiger partial charge in [0.15, 0.2) is 5.82 Å². The molecule has 0 bridgehead atoms. The minimum absolute atomic E-state index is 0.0478. The van der Waals surface area contributed by atoms with Crippen LogP contribution in [0.1, 0.15) is 52.1 Å². The van der Waals surface area contributed by atoms with E-state index in [4.69, 9.17) is 4.74 Å². The summed E-state index contributed by atoms with van der Waals surface area (Å²) in [5.41, 5.74) is 1.06. The highest BCUT2D eigenvalue weighted by Crippen LogP contribution is 2.62. The topological polar surface area (TPSA) is 76.1 Å². The average molecular weight is 330 g/mol. The van der Waals surface area contributed by atoms with E-state index in [-0.39, 0.29) is 22.9 Å². The van der Waals surface area contributed by atoms with Gasteiger partial charge in [-0.1, -0.05) is 27.2 Å². The summed E-state index contributed by atoms with van der Waals surface area (Å²) in [5, 5.41) is 14.3. The Morgan fingerprint density at radius 2 is 2.08 bits per heavy atom. The number of urea groups is 1. The summed E-state index contributed by atoms with van der Waals surface area (Å²) in [5.74, 6) is 0.965. The Hall–Kier alpha value is -1.69. The van der Waals surface area contributed by atoms with Gasteiger partial charge in [0.25, 0.3) is 0 Å². The third kappa shape index (κ3) is 2.39. The van der Waals surface area contributed by atoms with E-state index >= 15 is 0 Å². The molecular weight excluding hydrogens is 304 g/mol. The third-order valence-corrected chi connectivity index (χ3v) is 6.00. The van der Waals surface area contributed by atoms with Gasteiger partial charge >= 0.3 is 6.03 Å². The molecule has 130 valence electrons. The van der Waals surface area contributed by atoms with Crippen LogP contribution in [0.15, 0.2) is 12.1 Å². The van der Waals surface area contributed by atoms with Gasteiger partial charge in [0.05, 0.1) is 11.8 Å². The van der Waals surface area contributed by atoms with Crippen LogP contribution in [0.2, 0.25) is 0 Å². The van der Waals surface area contributed by atoms with Crippen molar-refractivity contribution in [2.75, 3.05) is 11.9 Å². The van der Waals surface area contributed by atoms with E-state index in [1.807, 2.05) is 12.1 Å². The monoisotopic (exact) mass is 330 g/mol. The number of aromatic nitrogens is 2. The second kappa shape index (κ2) is 5.41. The van der Waals surface area contributed by atoms with Gasteiger partial charge in [-0.3, -0.25) is 5.32 Å². The van der Waals surface area contributed by atoms with Crippen LogP contribution >= 0.6 is 0 Å². The minimum Gasteiger partial charge on any atom is -0.377 e. The third-order valence-electron chi connectivity index (χ3n) is 6.00. The molecule has 1 saturated heterocycles. The lowest BCUT2D eigenvalue weighted by Crippen LogP contribution is -2.72. The molecule has 0 unspecified atom stereocenters. The Bertz CT molecular complexity index is 633. The molecule has 2 N–H and O–H groups in total. The Balaban J connectivity index is 1.38. The molecule has 3 aliphatic rings. The fourth-order valence-electron chi connectivity index (χ4n) is 4.55. The fraction of sp³-hybridized carbons (Fsp3) is 0.722. The molecule has 1 aromatic rings. The van der Waals surface area contributed by atoms with E-state index in [0.717, 1.165) is 18.7 Å². The lowest BCUT2D eigenvalue weighted by Gasteiger charge is -2.63. The van der Waals surface area contributed by atoms with Crippen molar-refractivity contribution in [3.05, 3.63) is 17.8 Å². The van der Waals surface area contributed by atoms with Crippen molar-refractivity contribution in [2.24, 2.45) is 11.3 Å². The smallest absolute Gasteiger partial charge is 0.320 e. The number of anilines is 1. The van der Waals surface area contributed by atoms with E-state index in [2.05, 4.69) is 41.6 Å². The summed E-state index contributed by atoms with van der Waals surface area (Å²) in [7, 11) is 0. The highest BCUT2D eigenvalue weighted by molar-refractivity contribution is 5.88. The Morgan fingerprint density at radius 1 is 1.29 bits per heavy atom. The van der Waals surface area contributed by atoms with Crippen molar-refractivity contribution in [3.8, 4) is 0 Å². The zero-order valence-corrected chi connectivity index (χ0v) is 14.6. The molecular formula is C18H26N4O2. The summed E-state index contributed by atoms with van der Waals surface area (Å²) in [6.07, 6.45) is 4.99. The van der Waals surface area contributed by atoms with E-state index in [1.165, 1.54) is 19.3 Å². The van der Waals surface area contributed by atoms with Crippen LogP contribution in [0.3, 0.4) is 0 Å². The van der Waals surface area contributed by atoms with Gasteiger partial charge in [-0.25, -0.2) is 4.79 Å². The number of hydrogen-bond donors (Lipinski definition) is 2. The first kappa shape index (κ1) is 15.8. The lowest BCUT2D eigenvalue weighted by molar-refractivity contribution is -0.171. The van der Waals surface area contributed by atoms with Crippen molar-refractivity contribution in [2.45, 2.75) is 64.0 Å². The second-order valence-corrected chi connectivity index (χ2v) is 8.46. The molecule has 2 heterocycles. The van der Waals surface area contributed by atoms with Gasteiger partial charge in [0, 0.05) is 29.4 Å². The van der Waals surface area contributed by atoms with Gasteiger partial charge in [0.1, 0.15) is 0 Å². The maximum Gasteiger partial charge on any atom is 0.320 e. The molecule has 0 aromatic carbocycles. The van der Waals surface area contributed by atoms with Gasteiger partial charge in [-0.15, -0.1) is 5.10 Å². The fourth-order valence-corrected chi connectivity index (χ4v) is 4.55. The molecule has 24 heavy (non-hydrogen) atoms. The molecule has 1 aliphatic heterocycles. The Labute approximate surface area is 142 Å². The van der Waals surface area contributed by atoms with E-state index in [0.29, 0.717) is 17.8 Å². The molecule has 2 saturated carbocycles. The number of amides is 2. The van der Waals surface area contributed by atoms with Gasteiger partial charge < -0.3 is 10.1 Å². The second-order valence-electron chi connectivity index (χ2n) is 8.46. The number of hydrogen-bond acceptors (Lipinski definition) is 4. The maximum atomic E-state index is 12.4. The number of carbonyl (C=O) groups is 1. The van der Waals surface area contributed by atoms with Gasteiger partial charge in [-0.2, -0.15) is 5.10 Å². The zero-order valence-electron chi connectivity index (χ0n) is 14.6. The van der Waals surface area contributed by atoms with Crippen LogP contribution in [-0.4, -0.2) is 35.0 Å². The molecule has 1 spiro atoms. The molecule has 2 aliphatic carbocycles. The highest BCUT2D eigenvalue weighted by atomic mass is 16.5. The van der Waals surface area contributed by atoms with E-state index < -0.39 is 0 Å². The first-order valence-corrected chi connectivity index (χ1v) is 8.93. The number of rotatable bonds is 2. The largest absolute Gasteiger partial charge is 0.377 e. The summed E-state index contributed by atoms with van der Waals surface area (Å²) >= 11 is 0. The maximum absolute atomic E-state index is 12.4. The zero-order chi connectivity index (χ0) is 16.9. The SMILES string of the molecule is CC(C)(C)c1ccc(NC(=O)N[C@@H]2[C@H]3CCO[C@@H]3C23CCC3)nn1. The van der Waals surface area contributed by atoms with Crippen LogP contribution in [0.25, 0.3) is 0 Å². The quantitative estimate of drug-likeness (QED) is 0.874. The lowest BCUT2D eigenvalue weighted by atomic mass is 9.46. The molecule has 2 amide bonds. The number of carbonyl (C=O) groups excluding carboxylic acids is 1. The van der Waals surface area contributed by atoms with Crippen LogP contribution in [0.5, 0.6) is 0 Å². The molecule has 0 radical (unpaired) electrons. The van der Waals surface area contributed by atoms with Crippen molar-refractivity contribution >= 4 is 11.8 Å². The summed E-state index contributed by atoms with van der Waals surface area (Å²) in [4.78, 5) is 12.4. The Morgan fingerprint density at radius 3 is 2.67 bits per heavy atom.